The maximum atomic E-state index is 14.5. The summed E-state index contributed by atoms with van der Waals surface area (Å²) in [6.45, 7) is 0.0579. The highest BCUT2D eigenvalue weighted by molar-refractivity contribution is 8.01. The number of rotatable bonds is 5. The van der Waals surface area contributed by atoms with Crippen LogP contribution in [0, 0.1) is 17.1 Å². The van der Waals surface area contributed by atoms with Crippen LogP contribution in [0.25, 0.3) is 0 Å². The molecule has 0 saturated carbocycles. The van der Waals surface area contributed by atoms with E-state index in [4.69, 9.17) is 10.4 Å². The van der Waals surface area contributed by atoms with Gasteiger partial charge in [0.05, 0.1) is 34.7 Å². The van der Waals surface area contributed by atoms with Gasteiger partial charge in [-0.1, -0.05) is 30.3 Å². The quantitative estimate of drug-likeness (QED) is 0.635. The molecule has 5 nitrogen and oxygen atoms in total. The van der Waals surface area contributed by atoms with Crippen molar-refractivity contribution < 1.29 is 19.1 Å². The number of anilines is 1. The summed E-state index contributed by atoms with van der Waals surface area (Å²) < 4.78 is 14.5. The van der Waals surface area contributed by atoms with Crippen molar-refractivity contribution in [2.75, 3.05) is 4.90 Å². The summed E-state index contributed by atoms with van der Waals surface area (Å²) in [4.78, 5) is 26.9. The van der Waals surface area contributed by atoms with E-state index < -0.39 is 17.0 Å². The largest absolute Gasteiger partial charge is 0.478 e. The molecule has 4 rings (SSSR count). The molecule has 0 aliphatic carbocycles. The maximum absolute atomic E-state index is 14.5. The Balaban J connectivity index is 1.63. The standard InChI is InChI=1S/C24H17FN2O3S/c25-19-11-16(13-26)7-10-18(19)14-27-20-3-1-2-4-21(20)31-22(23(27)28)12-15-5-8-17(9-6-15)24(29)30/h1-11,22H,12,14H2,(H,29,30). The lowest BCUT2D eigenvalue weighted by atomic mass is 10.1. The predicted octanol–water partition coefficient (Wildman–Crippen LogP) is 4.65. The summed E-state index contributed by atoms with van der Waals surface area (Å²) in [6, 6.07) is 20.1. The molecule has 0 bridgehead atoms. The Labute approximate surface area is 182 Å². The third-order valence-corrected chi connectivity index (χ3v) is 6.35. The van der Waals surface area contributed by atoms with Gasteiger partial charge in [-0.3, -0.25) is 4.79 Å². The third kappa shape index (κ3) is 4.30. The second-order valence-corrected chi connectivity index (χ2v) is 8.37. The number of aromatic carboxylic acids is 1. The Kier molecular flexibility index (Phi) is 5.74. The average molecular weight is 432 g/mol. The molecule has 1 amide bonds. The molecule has 154 valence electrons. The minimum Gasteiger partial charge on any atom is -0.478 e. The van der Waals surface area contributed by atoms with E-state index in [1.165, 1.54) is 42.1 Å². The Hall–Kier alpha value is -3.63. The van der Waals surface area contributed by atoms with Gasteiger partial charge < -0.3 is 10.0 Å². The number of carbonyl (C=O) groups excluding carboxylic acids is 1. The summed E-state index contributed by atoms with van der Waals surface area (Å²) in [5, 5.41) is 17.6. The van der Waals surface area contributed by atoms with Crippen LogP contribution in [-0.2, 0) is 17.8 Å². The lowest BCUT2D eigenvalue weighted by Gasteiger charge is -2.34. The van der Waals surface area contributed by atoms with E-state index in [2.05, 4.69) is 0 Å². The molecule has 7 heteroatoms. The van der Waals surface area contributed by atoms with Gasteiger partial charge in [-0.15, -0.1) is 11.8 Å². The summed E-state index contributed by atoms with van der Waals surface area (Å²) in [5.41, 5.74) is 2.32. The van der Waals surface area contributed by atoms with Crippen molar-refractivity contribution in [2.45, 2.75) is 23.1 Å². The maximum Gasteiger partial charge on any atom is 0.335 e. The second kappa shape index (κ2) is 8.62. The lowest BCUT2D eigenvalue weighted by Crippen LogP contribution is -2.41. The number of fused-ring (bicyclic) bond motifs is 1. The van der Waals surface area contributed by atoms with Crippen molar-refractivity contribution in [3.8, 4) is 6.07 Å². The van der Waals surface area contributed by atoms with Crippen molar-refractivity contribution >= 4 is 29.3 Å². The zero-order valence-electron chi connectivity index (χ0n) is 16.3. The minimum absolute atomic E-state index is 0.0579. The number of nitrogens with zero attached hydrogens (tertiary/aromatic N) is 2. The van der Waals surface area contributed by atoms with Crippen molar-refractivity contribution in [2.24, 2.45) is 0 Å². The number of nitriles is 1. The minimum atomic E-state index is -1.00. The van der Waals surface area contributed by atoms with Crippen LogP contribution in [0.4, 0.5) is 10.1 Å². The van der Waals surface area contributed by atoms with Gasteiger partial charge in [0.2, 0.25) is 5.91 Å². The molecule has 3 aromatic rings. The highest BCUT2D eigenvalue weighted by Gasteiger charge is 2.34. The van der Waals surface area contributed by atoms with E-state index in [9.17, 15) is 14.0 Å². The summed E-state index contributed by atoms with van der Waals surface area (Å²) in [7, 11) is 0. The lowest BCUT2D eigenvalue weighted by molar-refractivity contribution is -0.118. The number of carbonyl (C=O) groups is 2. The Morgan fingerprint density at radius 1 is 1.13 bits per heavy atom. The average Bonchev–Trinajstić information content (AvgIpc) is 2.78. The summed E-state index contributed by atoms with van der Waals surface area (Å²) in [5.74, 6) is -1.67. The van der Waals surface area contributed by atoms with Gasteiger partial charge in [0, 0.05) is 10.5 Å². The number of carboxylic acids is 1. The van der Waals surface area contributed by atoms with E-state index in [0.717, 1.165) is 16.1 Å². The first-order valence-corrected chi connectivity index (χ1v) is 10.4. The van der Waals surface area contributed by atoms with Crippen molar-refractivity contribution in [3.63, 3.8) is 0 Å². The van der Waals surface area contributed by atoms with Gasteiger partial charge in [-0.25, -0.2) is 9.18 Å². The van der Waals surface area contributed by atoms with Crippen LogP contribution in [0.5, 0.6) is 0 Å². The second-order valence-electron chi connectivity index (χ2n) is 7.12. The SMILES string of the molecule is N#Cc1ccc(CN2C(=O)C(Cc3ccc(C(=O)O)cc3)Sc3ccccc32)c(F)c1. The topological polar surface area (TPSA) is 81.4 Å². The van der Waals surface area contributed by atoms with E-state index in [0.29, 0.717) is 12.0 Å². The normalized spacial score (nSPS) is 15.3. The number of amides is 1. The highest BCUT2D eigenvalue weighted by Crippen LogP contribution is 2.41. The van der Waals surface area contributed by atoms with Crippen molar-refractivity contribution in [1.29, 1.82) is 5.26 Å². The molecule has 0 saturated heterocycles. The molecule has 3 aromatic carbocycles. The molecule has 1 N–H and O–H groups in total. The van der Waals surface area contributed by atoms with Crippen LogP contribution in [0.3, 0.4) is 0 Å². The third-order valence-electron chi connectivity index (χ3n) is 5.10. The molecule has 1 atom stereocenters. The zero-order valence-corrected chi connectivity index (χ0v) is 17.1. The van der Waals surface area contributed by atoms with Gasteiger partial charge in [-0.2, -0.15) is 5.26 Å². The van der Waals surface area contributed by atoms with Crippen LogP contribution in [0.2, 0.25) is 0 Å². The van der Waals surface area contributed by atoms with Crippen LogP contribution in [-0.4, -0.2) is 22.2 Å². The summed E-state index contributed by atoms with van der Waals surface area (Å²) >= 11 is 1.45. The smallest absolute Gasteiger partial charge is 0.335 e. The number of para-hydroxylation sites is 1. The van der Waals surface area contributed by atoms with Gasteiger partial charge in [0.1, 0.15) is 5.82 Å². The van der Waals surface area contributed by atoms with Crippen molar-refractivity contribution in [3.05, 3.63) is 94.8 Å². The number of thioether (sulfide) groups is 1. The fraction of sp³-hybridized carbons (Fsp3) is 0.125. The van der Waals surface area contributed by atoms with E-state index in [1.807, 2.05) is 30.3 Å². The van der Waals surface area contributed by atoms with Crippen LogP contribution in [0.15, 0.2) is 71.6 Å². The summed E-state index contributed by atoms with van der Waals surface area (Å²) in [6.07, 6.45) is 0.421. The Morgan fingerprint density at radius 3 is 2.55 bits per heavy atom. The van der Waals surface area contributed by atoms with Crippen LogP contribution < -0.4 is 4.90 Å². The van der Waals surface area contributed by atoms with Gasteiger partial charge in [0.15, 0.2) is 0 Å². The van der Waals surface area contributed by atoms with Crippen LogP contribution in [0.1, 0.15) is 27.0 Å². The molecule has 1 unspecified atom stereocenters. The molecule has 0 aromatic heterocycles. The Bertz CT molecular complexity index is 1200. The predicted molar refractivity (Wildman–Crippen MR) is 115 cm³/mol. The molecule has 1 aliphatic rings. The monoisotopic (exact) mass is 432 g/mol. The molecule has 0 spiro atoms. The first kappa shape index (κ1) is 20.6. The first-order chi connectivity index (χ1) is 15.0. The number of hydrogen-bond acceptors (Lipinski definition) is 4. The fourth-order valence-corrected chi connectivity index (χ4v) is 4.75. The highest BCUT2D eigenvalue weighted by atomic mass is 32.2. The van der Waals surface area contributed by atoms with Crippen LogP contribution >= 0.6 is 11.8 Å². The van der Waals surface area contributed by atoms with Gasteiger partial charge in [0.25, 0.3) is 0 Å². The fourth-order valence-electron chi connectivity index (χ4n) is 3.48. The number of hydrogen-bond donors (Lipinski definition) is 1. The van der Waals surface area contributed by atoms with Gasteiger partial charge in [-0.05, 0) is 48.4 Å². The molecular weight excluding hydrogens is 415 g/mol. The molecule has 0 fully saturated rings. The molecule has 1 aliphatic heterocycles. The Morgan fingerprint density at radius 2 is 1.87 bits per heavy atom. The molecular formula is C24H17FN2O3S. The first-order valence-electron chi connectivity index (χ1n) is 9.54. The molecule has 31 heavy (non-hydrogen) atoms. The number of carboxylic acid groups (broad SMARTS) is 1. The molecule has 1 heterocycles. The number of benzene rings is 3. The molecule has 0 radical (unpaired) electrons. The van der Waals surface area contributed by atoms with E-state index in [1.54, 1.807) is 17.0 Å². The van der Waals surface area contributed by atoms with Gasteiger partial charge >= 0.3 is 5.97 Å². The van der Waals surface area contributed by atoms with E-state index >= 15 is 0 Å². The van der Waals surface area contributed by atoms with Crippen molar-refractivity contribution in [1.82, 2.24) is 0 Å². The zero-order chi connectivity index (χ0) is 22.0. The number of halogens is 1. The van der Waals surface area contributed by atoms with E-state index in [-0.39, 0.29) is 23.6 Å².